The summed E-state index contributed by atoms with van der Waals surface area (Å²) in [4.78, 5) is 10.5. The van der Waals surface area contributed by atoms with E-state index in [1.165, 1.54) is 0 Å². The Bertz CT molecular complexity index is 688. The predicted octanol–water partition coefficient (Wildman–Crippen LogP) is 1.99. The highest BCUT2D eigenvalue weighted by molar-refractivity contribution is 7.89. The summed E-state index contributed by atoms with van der Waals surface area (Å²) in [5.74, 6) is -1.44. The van der Waals surface area contributed by atoms with Crippen molar-refractivity contribution in [3.63, 3.8) is 0 Å². The number of halogens is 1. The number of carbonyl (C=O) groups is 1. The summed E-state index contributed by atoms with van der Waals surface area (Å²) in [5, 5.41) is 8.76. The average molecular weight is 313 g/mol. The fourth-order valence-corrected chi connectivity index (χ4v) is 4.49. The number of nitrogens with one attached hydrogen (secondary N) is 1. The molecule has 2 aliphatic carbocycles. The van der Waals surface area contributed by atoms with Crippen molar-refractivity contribution in [1.82, 2.24) is 4.72 Å². The van der Waals surface area contributed by atoms with Crippen molar-refractivity contribution in [3.8, 4) is 0 Å². The zero-order chi connectivity index (χ0) is 15.2. The predicted molar refractivity (Wildman–Crippen MR) is 72.9 cm³/mol. The van der Waals surface area contributed by atoms with Gasteiger partial charge in [-0.15, -0.1) is 0 Å². The molecule has 2 saturated carbocycles. The molecular weight excluding hydrogens is 297 g/mol. The van der Waals surface area contributed by atoms with Crippen molar-refractivity contribution in [1.29, 1.82) is 0 Å². The van der Waals surface area contributed by atoms with Crippen molar-refractivity contribution in [2.45, 2.75) is 36.6 Å². The molecule has 1 aromatic carbocycles. The fourth-order valence-electron chi connectivity index (χ4n) is 3.16. The Balaban J connectivity index is 1.81. The molecule has 7 heteroatoms. The van der Waals surface area contributed by atoms with Gasteiger partial charge < -0.3 is 5.11 Å². The van der Waals surface area contributed by atoms with Crippen molar-refractivity contribution in [2.75, 3.05) is 0 Å². The fraction of sp³-hybridized carbons (Fsp3) is 0.500. The smallest absolute Gasteiger partial charge is 0.338 e. The summed E-state index contributed by atoms with van der Waals surface area (Å²) in [6, 6.07) is 2.78. The van der Waals surface area contributed by atoms with E-state index >= 15 is 0 Å². The molecule has 5 nitrogen and oxygen atoms in total. The number of sulfonamides is 1. The third kappa shape index (κ3) is 2.80. The Morgan fingerprint density at radius 1 is 1.33 bits per heavy atom. The molecule has 0 heterocycles. The van der Waals surface area contributed by atoms with Crippen LogP contribution >= 0.6 is 0 Å². The van der Waals surface area contributed by atoms with E-state index in [4.69, 9.17) is 5.11 Å². The maximum absolute atomic E-state index is 13.6. The third-order valence-corrected chi connectivity index (χ3v) is 5.86. The van der Waals surface area contributed by atoms with Crippen LogP contribution in [0.25, 0.3) is 0 Å². The molecule has 2 aliphatic rings. The molecule has 2 N–H and O–H groups in total. The second-order valence-electron chi connectivity index (χ2n) is 5.77. The van der Waals surface area contributed by atoms with E-state index in [1.54, 1.807) is 0 Å². The van der Waals surface area contributed by atoms with Crippen LogP contribution in [-0.4, -0.2) is 25.5 Å². The van der Waals surface area contributed by atoms with Crippen LogP contribution in [0, 0.1) is 17.7 Å². The molecule has 1 aromatic rings. The van der Waals surface area contributed by atoms with Crippen LogP contribution in [0.15, 0.2) is 23.1 Å². The van der Waals surface area contributed by atoms with Gasteiger partial charge in [0.15, 0.2) is 0 Å². The van der Waals surface area contributed by atoms with Crippen LogP contribution in [0.2, 0.25) is 0 Å². The number of carboxylic acids is 1. The van der Waals surface area contributed by atoms with Crippen molar-refractivity contribution >= 4 is 16.0 Å². The second kappa shape index (κ2) is 5.06. The highest BCUT2D eigenvalue weighted by Gasteiger charge is 2.46. The van der Waals surface area contributed by atoms with E-state index in [9.17, 15) is 17.6 Å². The molecule has 3 rings (SSSR count). The van der Waals surface area contributed by atoms with Gasteiger partial charge in [0.05, 0.1) is 10.5 Å². The molecule has 0 spiro atoms. The molecule has 0 aromatic heterocycles. The van der Waals surface area contributed by atoms with Gasteiger partial charge in [-0.25, -0.2) is 22.3 Å². The number of rotatable bonds is 4. The van der Waals surface area contributed by atoms with Crippen LogP contribution in [0.4, 0.5) is 4.39 Å². The molecular formula is C14H16FNO4S. The first-order valence-corrected chi connectivity index (χ1v) is 8.42. The molecule has 0 aliphatic heterocycles. The number of hydrogen-bond donors (Lipinski definition) is 2. The minimum atomic E-state index is -3.81. The van der Waals surface area contributed by atoms with Crippen LogP contribution in [0.5, 0.6) is 0 Å². The maximum atomic E-state index is 13.6. The summed E-state index contributed by atoms with van der Waals surface area (Å²) < 4.78 is 40.8. The van der Waals surface area contributed by atoms with E-state index in [0.29, 0.717) is 11.8 Å². The first kappa shape index (κ1) is 14.5. The summed E-state index contributed by atoms with van der Waals surface area (Å²) in [6.45, 7) is 0. The van der Waals surface area contributed by atoms with E-state index in [2.05, 4.69) is 4.72 Å². The molecule has 0 saturated heterocycles. The Kier molecular flexibility index (Phi) is 3.49. The molecule has 0 radical (unpaired) electrons. The van der Waals surface area contributed by atoms with Gasteiger partial charge in [-0.3, -0.25) is 0 Å². The lowest BCUT2D eigenvalue weighted by atomic mass is 9.96. The number of aromatic carboxylic acids is 1. The molecule has 2 fully saturated rings. The standard InChI is InChI=1S/C14H16FNO4S/c15-12-7-9(4-5-10(12)14(17)18)21(19,20)16-13-3-1-2-8-6-11(8)13/h4-5,7-8,11,13,16H,1-3,6H2,(H,17,18)/t8-,11+,13?/m1/s1. The molecule has 0 bridgehead atoms. The van der Waals surface area contributed by atoms with Gasteiger partial charge in [0.1, 0.15) is 5.82 Å². The molecule has 1 unspecified atom stereocenters. The normalized spacial score (nSPS) is 28.0. The Morgan fingerprint density at radius 3 is 2.76 bits per heavy atom. The van der Waals surface area contributed by atoms with Crippen LogP contribution in [0.1, 0.15) is 36.0 Å². The Hall–Kier alpha value is -1.47. The Labute approximate surface area is 122 Å². The van der Waals surface area contributed by atoms with Gasteiger partial charge in [-0.1, -0.05) is 12.8 Å². The first-order chi connectivity index (χ1) is 9.88. The molecule has 114 valence electrons. The summed E-state index contributed by atoms with van der Waals surface area (Å²) >= 11 is 0. The van der Waals surface area contributed by atoms with E-state index in [1.807, 2.05) is 0 Å². The molecule has 21 heavy (non-hydrogen) atoms. The topological polar surface area (TPSA) is 83.5 Å². The average Bonchev–Trinajstić information content (AvgIpc) is 3.18. The van der Waals surface area contributed by atoms with Gasteiger partial charge in [0.2, 0.25) is 10.0 Å². The number of benzene rings is 1. The van der Waals surface area contributed by atoms with E-state index in [-0.39, 0.29) is 10.9 Å². The summed E-state index contributed by atoms with van der Waals surface area (Å²) in [7, 11) is -3.81. The monoisotopic (exact) mass is 313 g/mol. The summed E-state index contributed by atoms with van der Waals surface area (Å²) in [6.07, 6.45) is 4.01. The van der Waals surface area contributed by atoms with Gasteiger partial charge >= 0.3 is 5.97 Å². The van der Waals surface area contributed by atoms with Crippen LogP contribution < -0.4 is 4.72 Å². The van der Waals surface area contributed by atoms with Crippen LogP contribution in [0.3, 0.4) is 0 Å². The zero-order valence-electron chi connectivity index (χ0n) is 11.3. The Morgan fingerprint density at radius 2 is 2.10 bits per heavy atom. The van der Waals surface area contributed by atoms with Gasteiger partial charge in [-0.2, -0.15) is 0 Å². The van der Waals surface area contributed by atoms with Gasteiger partial charge in [0.25, 0.3) is 0 Å². The summed E-state index contributed by atoms with van der Waals surface area (Å²) in [5.41, 5.74) is -0.533. The lowest BCUT2D eigenvalue weighted by Crippen LogP contribution is -2.38. The number of carboxylic acid groups (broad SMARTS) is 1. The number of hydrogen-bond acceptors (Lipinski definition) is 3. The molecule has 0 amide bonds. The minimum Gasteiger partial charge on any atom is -0.478 e. The van der Waals surface area contributed by atoms with Crippen molar-refractivity contribution in [3.05, 3.63) is 29.6 Å². The van der Waals surface area contributed by atoms with E-state index < -0.39 is 27.4 Å². The maximum Gasteiger partial charge on any atom is 0.338 e. The highest BCUT2D eigenvalue weighted by Crippen LogP contribution is 2.49. The largest absolute Gasteiger partial charge is 0.478 e. The lowest BCUT2D eigenvalue weighted by Gasteiger charge is -2.22. The highest BCUT2D eigenvalue weighted by atomic mass is 32.2. The molecule has 3 atom stereocenters. The lowest BCUT2D eigenvalue weighted by molar-refractivity contribution is 0.0691. The SMILES string of the molecule is O=C(O)c1ccc(S(=O)(=O)NC2CCC[C@@H]3C[C@H]23)cc1F. The zero-order valence-corrected chi connectivity index (χ0v) is 12.1. The first-order valence-electron chi connectivity index (χ1n) is 6.93. The number of fused-ring (bicyclic) bond motifs is 1. The van der Waals surface area contributed by atoms with Crippen molar-refractivity contribution < 1.29 is 22.7 Å². The van der Waals surface area contributed by atoms with E-state index in [0.717, 1.165) is 43.9 Å². The quantitative estimate of drug-likeness (QED) is 0.890. The third-order valence-electron chi connectivity index (χ3n) is 4.37. The van der Waals surface area contributed by atoms with Crippen LogP contribution in [-0.2, 0) is 10.0 Å². The van der Waals surface area contributed by atoms with Crippen molar-refractivity contribution in [2.24, 2.45) is 11.8 Å². The van der Waals surface area contributed by atoms with Gasteiger partial charge in [0, 0.05) is 6.04 Å². The second-order valence-corrected chi connectivity index (χ2v) is 7.48. The van der Waals surface area contributed by atoms with Gasteiger partial charge in [-0.05, 0) is 42.9 Å². The minimum absolute atomic E-state index is 0.0871.